The van der Waals surface area contributed by atoms with Crippen molar-refractivity contribution in [1.82, 2.24) is 0 Å². The van der Waals surface area contributed by atoms with Gasteiger partial charge in [0.1, 0.15) is 0 Å². The first-order valence-electron chi connectivity index (χ1n) is 38.7. The first kappa shape index (κ1) is 60.1. The molecule has 0 heteroatoms. The van der Waals surface area contributed by atoms with Crippen LogP contribution in [0.3, 0.4) is 0 Å². The molecule has 4 aliphatic rings. The van der Waals surface area contributed by atoms with E-state index < -0.39 is 10.8 Å². The molecule has 2 spiro atoms. The summed E-state index contributed by atoms with van der Waals surface area (Å²) in [6.45, 7) is 0. The minimum Gasteiger partial charge on any atom is -0.0619 e. The lowest BCUT2D eigenvalue weighted by molar-refractivity contribution is 0.796. The van der Waals surface area contributed by atoms with E-state index >= 15 is 0 Å². The molecule has 110 heavy (non-hydrogen) atoms. The Bertz CT molecular complexity index is 7670. The summed E-state index contributed by atoms with van der Waals surface area (Å²) in [6.07, 6.45) is 0. The SMILES string of the molecule is c1cc(-c2cc3c(c4ccccc24)-c2cc4ccccc4cc2C32c3ccccc3-c3ccccc32)cc(-c2ccc3ccc4cccc5ccc2c3c45)c1.c1ccc(-c2ccc3ccc4cccc5ccc2c3c45)c(-c2cc3c(c4ccccc24)-c2cc4ccccc4cc2C32c3ccccc3-c3ccccc32)c1. The molecule has 22 aromatic carbocycles. The molecule has 0 heterocycles. The van der Waals surface area contributed by atoms with Gasteiger partial charge in [0.15, 0.2) is 0 Å². The average molecular weight is 1390 g/mol. The van der Waals surface area contributed by atoms with Gasteiger partial charge >= 0.3 is 0 Å². The Kier molecular flexibility index (Phi) is 12.2. The molecule has 504 valence electrons. The van der Waals surface area contributed by atoms with E-state index in [4.69, 9.17) is 0 Å². The van der Waals surface area contributed by atoms with Crippen LogP contribution in [0.25, 0.3) is 197 Å². The second kappa shape index (κ2) is 22.3. The van der Waals surface area contributed by atoms with Crippen LogP contribution in [0.2, 0.25) is 0 Å². The molecule has 0 atom stereocenters. The van der Waals surface area contributed by atoms with Gasteiger partial charge in [-0.2, -0.15) is 0 Å². The molecule has 0 unspecified atom stereocenters. The minimum atomic E-state index is -0.456. The second-order valence-electron chi connectivity index (χ2n) is 31.0. The first-order valence-corrected chi connectivity index (χ1v) is 38.7. The summed E-state index contributed by atoms with van der Waals surface area (Å²) >= 11 is 0. The van der Waals surface area contributed by atoms with Crippen molar-refractivity contribution in [3.63, 3.8) is 0 Å². The Morgan fingerprint density at radius 2 is 0.436 bits per heavy atom. The number of benzene rings is 22. The number of fused-ring (bicyclic) bond motifs is 26. The average Bonchev–Trinajstić information content (AvgIpc) is 1.50. The lowest BCUT2D eigenvalue weighted by Gasteiger charge is -2.31. The van der Waals surface area contributed by atoms with Crippen molar-refractivity contribution in [3.05, 3.63) is 433 Å². The van der Waals surface area contributed by atoms with E-state index in [9.17, 15) is 0 Å². The van der Waals surface area contributed by atoms with E-state index in [0.29, 0.717) is 0 Å². The Balaban J connectivity index is 0.000000126. The van der Waals surface area contributed by atoms with Crippen LogP contribution in [-0.2, 0) is 10.8 Å². The highest BCUT2D eigenvalue weighted by atomic mass is 14.6. The van der Waals surface area contributed by atoms with Gasteiger partial charge in [0.25, 0.3) is 0 Å². The van der Waals surface area contributed by atoms with Crippen molar-refractivity contribution in [3.8, 4) is 89.0 Å². The van der Waals surface area contributed by atoms with Crippen LogP contribution in [0.1, 0.15) is 44.5 Å². The Labute approximate surface area is 636 Å². The Morgan fingerprint density at radius 3 is 0.900 bits per heavy atom. The minimum absolute atomic E-state index is 0.440. The van der Waals surface area contributed by atoms with Crippen LogP contribution in [0.15, 0.2) is 388 Å². The molecular formula is C110H64. The Hall–Kier alpha value is -14.0. The van der Waals surface area contributed by atoms with E-state index in [1.165, 1.54) is 241 Å². The van der Waals surface area contributed by atoms with Crippen molar-refractivity contribution in [2.24, 2.45) is 0 Å². The molecule has 4 aliphatic carbocycles. The monoisotopic (exact) mass is 1380 g/mol. The zero-order valence-electron chi connectivity index (χ0n) is 60.0. The summed E-state index contributed by atoms with van der Waals surface area (Å²) in [5.74, 6) is 0. The predicted molar refractivity (Wildman–Crippen MR) is 465 cm³/mol. The van der Waals surface area contributed by atoms with Crippen LogP contribution in [0.5, 0.6) is 0 Å². The fourth-order valence-corrected chi connectivity index (χ4v) is 21.6. The van der Waals surface area contributed by atoms with E-state index in [0.717, 1.165) is 0 Å². The molecule has 0 bridgehead atoms. The second-order valence-corrected chi connectivity index (χ2v) is 31.0. The van der Waals surface area contributed by atoms with E-state index in [1.54, 1.807) is 0 Å². The normalized spacial score (nSPS) is 13.6. The standard InChI is InChI=1S/2C55H32/c1-2-12-37-31-50-47(30-36(37)11-1)54-44-20-4-3-17-41(44)46(32-51(54)55(50)48-21-7-5-18-42(48)43-19-6-8-22-49(43)55)39-16-10-15-38(29-39)40-27-25-35-24-23-33-13-9-14-34-26-28-45(40)53(35)52(33)34;1-2-13-37-31-50-47(30-36(37)12-1)54-44-21-6-5-18-40(44)46(32-51(54)55(50)48-22-9-7-19-42(48)43-20-8-10-23-49(43)55)39-17-4-3-16-38(39)41-28-26-35-25-24-33-14-11-15-34-27-29-45(41)53(35)52(33)34/h2*1-32H. The molecule has 26 rings (SSSR count). The summed E-state index contributed by atoms with van der Waals surface area (Å²) < 4.78 is 0. The van der Waals surface area contributed by atoms with Crippen molar-refractivity contribution < 1.29 is 0 Å². The highest BCUT2D eigenvalue weighted by Crippen LogP contribution is 2.67. The summed E-state index contributed by atoms with van der Waals surface area (Å²) in [7, 11) is 0. The zero-order chi connectivity index (χ0) is 71.7. The molecule has 0 saturated heterocycles. The fraction of sp³-hybridized carbons (Fsp3) is 0.0182. The van der Waals surface area contributed by atoms with E-state index in [1.807, 2.05) is 0 Å². The predicted octanol–water partition coefficient (Wildman–Crippen LogP) is 29.1. The third kappa shape index (κ3) is 7.88. The molecule has 0 radical (unpaired) electrons. The van der Waals surface area contributed by atoms with Gasteiger partial charge in [-0.15, -0.1) is 0 Å². The number of hydrogen-bond acceptors (Lipinski definition) is 0. The number of rotatable bonds is 4. The molecule has 0 nitrogen and oxygen atoms in total. The summed E-state index contributed by atoms with van der Waals surface area (Å²) in [6, 6.07) is 147. The molecule has 0 amide bonds. The first-order chi connectivity index (χ1) is 54.6. The maximum atomic E-state index is 2.58. The fourth-order valence-electron chi connectivity index (χ4n) is 21.6. The van der Waals surface area contributed by atoms with Gasteiger partial charge in [0, 0.05) is 0 Å². The molecule has 0 aromatic heterocycles. The van der Waals surface area contributed by atoms with E-state index in [-0.39, 0.29) is 0 Å². The van der Waals surface area contributed by atoms with Gasteiger partial charge in [-0.25, -0.2) is 0 Å². The van der Waals surface area contributed by atoms with Gasteiger partial charge in [0.2, 0.25) is 0 Å². The third-order valence-electron chi connectivity index (χ3n) is 26.0. The van der Waals surface area contributed by atoms with Gasteiger partial charge < -0.3 is 0 Å². The molecule has 0 fully saturated rings. The maximum Gasteiger partial charge on any atom is 0.0726 e. The van der Waals surface area contributed by atoms with Gasteiger partial charge in [-0.3, -0.25) is 0 Å². The Morgan fingerprint density at radius 1 is 0.127 bits per heavy atom. The van der Waals surface area contributed by atoms with Crippen LogP contribution < -0.4 is 0 Å². The summed E-state index contributed by atoms with van der Waals surface area (Å²) in [4.78, 5) is 0. The molecular weight excluding hydrogens is 1320 g/mol. The topological polar surface area (TPSA) is 0 Å². The largest absolute Gasteiger partial charge is 0.0726 e. The van der Waals surface area contributed by atoms with Crippen LogP contribution in [-0.4, -0.2) is 0 Å². The van der Waals surface area contributed by atoms with E-state index in [2.05, 4.69) is 388 Å². The zero-order valence-corrected chi connectivity index (χ0v) is 60.0. The molecule has 0 aliphatic heterocycles. The highest BCUT2D eigenvalue weighted by Gasteiger charge is 2.54. The lowest BCUT2D eigenvalue weighted by Crippen LogP contribution is -2.26. The third-order valence-corrected chi connectivity index (χ3v) is 26.0. The maximum absolute atomic E-state index is 2.58. The lowest BCUT2D eigenvalue weighted by atomic mass is 9.69. The molecule has 0 N–H and O–H groups in total. The van der Waals surface area contributed by atoms with Crippen LogP contribution in [0.4, 0.5) is 0 Å². The summed E-state index contributed by atoms with van der Waals surface area (Å²) in [5, 5.41) is 26.0. The van der Waals surface area contributed by atoms with Gasteiger partial charge in [0.05, 0.1) is 10.8 Å². The van der Waals surface area contributed by atoms with Gasteiger partial charge in [-0.05, 0) is 284 Å². The van der Waals surface area contributed by atoms with Crippen LogP contribution in [0, 0.1) is 0 Å². The van der Waals surface area contributed by atoms with Crippen molar-refractivity contribution in [1.29, 1.82) is 0 Å². The van der Waals surface area contributed by atoms with Gasteiger partial charge in [-0.1, -0.05) is 346 Å². The van der Waals surface area contributed by atoms with Crippen molar-refractivity contribution >= 4 is 108 Å². The summed E-state index contributed by atoms with van der Waals surface area (Å²) in [5.41, 5.74) is 30.8. The van der Waals surface area contributed by atoms with Crippen LogP contribution >= 0.6 is 0 Å². The van der Waals surface area contributed by atoms with Crippen molar-refractivity contribution in [2.75, 3.05) is 0 Å². The smallest absolute Gasteiger partial charge is 0.0619 e. The highest BCUT2D eigenvalue weighted by molar-refractivity contribution is 6.28. The molecule has 0 saturated carbocycles. The molecule has 22 aromatic rings. The number of hydrogen-bond donors (Lipinski definition) is 0. The quantitative estimate of drug-likeness (QED) is 0.154. The van der Waals surface area contributed by atoms with Crippen molar-refractivity contribution in [2.45, 2.75) is 10.8 Å².